The van der Waals surface area contributed by atoms with Crippen molar-refractivity contribution < 1.29 is 13.9 Å². The number of nitrogens with one attached hydrogen (secondary N) is 1. The summed E-state index contributed by atoms with van der Waals surface area (Å²) in [5.41, 5.74) is 2.58. The van der Waals surface area contributed by atoms with Crippen LogP contribution in [0.4, 0.5) is 4.39 Å². The molecule has 0 amide bonds. The Kier molecular flexibility index (Phi) is 6.69. The van der Waals surface area contributed by atoms with E-state index in [1.807, 2.05) is 24.3 Å². The molecule has 0 saturated heterocycles. The minimum atomic E-state index is -0.302. The minimum absolute atomic E-state index is 0.102. The molecular formula is C22H21ClFNO2. The second-order valence-electron chi connectivity index (χ2n) is 6.06. The lowest BCUT2D eigenvalue weighted by molar-refractivity contribution is 0.279. The van der Waals surface area contributed by atoms with Gasteiger partial charge in [0.15, 0.2) is 11.5 Å². The molecule has 0 saturated carbocycles. The molecule has 3 aromatic carbocycles. The normalized spacial score (nSPS) is 10.6. The molecule has 27 heavy (non-hydrogen) atoms. The molecule has 0 aliphatic rings. The summed E-state index contributed by atoms with van der Waals surface area (Å²) < 4.78 is 24.9. The van der Waals surface area contributed by atoms with Gasteiger partial charge < -0.3 is 14.8 Å². The van der Waals surface area contributed by atoms with Crippen molar-refractivity contribution in [1.82, 2.24) is 5.32 Å². The van der Waals surface area contributed by atoms with Gasteiger partial charge in [0, 0.05) is 29.7 Å². The highest BCUT2D eigenvalue weighted by atomic mass is 35.5. The van der Waals surface area contributed by atoms with Gasteiger partial charge in [-0.15, -0.1) is 0 Å². The number of benzene rings is 3. The third-order valence-corrected chi connectivity index (χ3v) is 4.51. The van der Waals surface area contributed by atoms with Gasteiger partial charge in [0.25, 0.3) is 0 Å². The van der Waals surface area contributed by atoms with Gasteiger partial charge in [0.1, 0.15) is 12.4 Å². The zero-order chi connectivity index (χ0) is 19.1. The standard InChI is InChI=1S/C22H21ClFNO2/c1-26-21-11-18(14-25-13-16-7-3-2-4-8-16)19(23)12-22(21)27-15-17-9-5-6-10-20(17)24/h2-12,25H,13-15H2,1H3. The molecule has 0 bridgehead atoms. The van der Waals surface area contributed by atoms with E-state index in [-0.39, 0.29) is 12.4 Å². The molecule has 0 aliphatic carbocycles. The first-order valence-electron chi connectivity index (χ1n) is 8.64. The van der Waals surface area contributed by atoms with Gasteiger partial charge in [-0.1, -0.05) is 60.1 Å². The van der Waals surface area contributed by atoms with Crippen molar-refractivity contribution in [3.8, 4) is 11.5 Å². The monoisotopic (exact) mass is 385 g/mol. The van der Waals surface area contributed by atoms with Crippen molar-refractivity contribution >= 4 is 11.6 Å². The molecule has 0 unspecified atom stereocenters. The van der Waals surface area contributed by atoms with Crippen molar-refractivity contribution in [2.75, 3.05) is 7.11 Å². The topological polar surface area (TPSA) is 30.5 Å². The van der Waals surface area contributed by atoms with E-state index in [1.54, 1.807) is 31.4 Å². The van der Waals surface area contributed by atoms with Crippen LogP contribution >= 0.6 is 11.6 Å². The fraction of sp³-hybridized carbons (Fsp3) is 0.182. The smallest absolute Gasteiger partial charge is 0.163 e. The Morgan fingerprint density at radius 2 is 1.63 bits per heavy atom. The van der Waals surface area contributed by atoms with E-state index in [4.69, 9.17) is 21.1 Å². The lowest BCUT2D eigenvalue weighted by Crippen LogP contribution is -2.13. The zero-order valence-electron chi connectivity index (χ0n) is 15.0. The first-order valence-corrected chi connectivity index (χ1v) is 9.02. The lowest BCUT2D eigenvalue weighted by atomic mass is 10.1. The largest absolute Gasteiger partial charge is 0.493 e. The Bertz CT molecular complexity index is 887. The fourth-order valence-corrected chi connectivity index (χ4v) is 2.91. The molecule has 140 valence electrons. The molecule has 0 heterocycles. The summed E-state index contributed by atoms with van der Waals surface area (Å²) in [7, 11) is 1.57. The van der Waals surface area contributed by atoms with Crippen molar-refractivity contribution in [2.24, 2.45) is 0 Å². The van der Waals surface area contributed by atoms with Gasteiger partial charge in [0.2, 0.25) is 0 Å². The van der Waals surface area contributed by atoms with E-state index >= 15 is 0 Å². The van der Waals surface area contributed by atoms with Crippen LogP contribution < -0.4 is 14.8 Å². The van der Waals surface area contributed by atoms with Crippen molar-refractivity contribution in [1.29, 1.82) is 0 Å². The van der Waals surface area contributed by atoms with E-state index in [0.29, 0.717) is 28.6 Å². The summed E-state index contributed by atoms with van der Waals surface area (Å²) in [6.45, 7) is 1.44. The van der Waals surface area contributed by atoms with Gasteiger partial charge in [-0.2, -0.15) is 0 Å². The second kappa shape index (κ2) is 9.40. The lowest BCUT2D eigenvalue weighted by Gasteiger charge is -2.14. The summed E-state index contributed by atoms with van der Waals surface area (Å²) in [6, 6.07) is 20.2. The third-order valence-electron chi connectivity index (χ3n) is 4.16. The van der Waals surface area contributed by atoms with Crippen LogP contribution in [0.25, 0.3) is 0 Å². The first-order chi connectivity index (χ1) is 13.2. The average molecular weight is 386 g/mol. The first kappa shape index (κ1) is 19.2. The maximum atomic E-state index is 13.8. The van der Waals surface area contributed by atoms with Crippen molar-refractivity contribution in [3.05, 3.63) is 94.3 Å². The van der Waals surface area contributed by atoms with Gasteiger partial charge in [-0.05, 0) is 23.3 Å². The number of halogens is 2. The van der Waals surface area contributed by atoms with Crippen LogP contribution in [0, 0.1) is 5.82 Å². The number of methoxy groups -OCH3 is 1. The van der Waals surface area contributed by atoms with E-state index < -0.39 is 0 Å². The second-order valence-corrected chi connectivity index (χ2v) is 6.47. The number of hydrogen-bond acceptors (Lipinski definition) is 3. The summed E-state index contributed by atoms with van der Waals surface area (Å²) in [5.74, 6) is 0.745. The summed E-state index contributed by atoms with van der Waals surface area (Å²) in [6.07, 6.45) is 0. The van der Waals surface area contributed by atoms with E-state index in [0.717, 1.165) is 12.1 Å². The average Bonchev–Trinajstić information content (AvgIpc) is 2.69. The maximum absolute atomic E-state index is 13.8. The Hall–Kier alpha value is -2.56. The number of hydrogen-bond donors (Lipinski definition) is 1. The van der Waals surface area contributed by atoms with Crippen molar-refractivity contribution in [2.45, 2.75) is 19.7 Å². The maximum Gasteiger partial charge on any atom is 0.163 e. The Labute approximate surface area is 163 Å². The predicted molar refractivity (Wildman–Crippen MR) is 106 cm³/mol. The fourth-order valence-electron chi connectivity index (χ4n) is 2.69. The number of rotatable bonds is 8. The van der Waals surface area contributed by atoms with E-state index in [2.05, 4.69) is 17.4 Å². The highest BCUT2D eigenvalue weighted by molar-refractivity contribution is 6.31. The third kappa shape index (κ3) is 5.22. The van der Waals surface area contributed by atoms with E-state index in [1.165, 1.54) is 11.6 Å². The summed E-state index contributed by atoms with van der Waals surface area (Å²) in [4.78, 5) is 0. The molecule has 0 aliphatic heterocycles. The molecule has 3 nitrogen and oxygen atoms in total. The minimum Gasteiger partial charge on any atom is -0.493 e. The van der Waals surface area contributed by atoms with Crippen LogP contribution in [0.5, 0.6) is 11.5 Å². The Morgan fingerprint density at radius 1 is 0.889 bits per heavy atom. The highest BCUT2D eigenvalue weighted by Gasteiger charge is 2.12. The molecular weight excluding hydrogens is 365 g/mol. The van der Waals surface area contributed by atoms with Crippen LogP contribution in [0.2, 0.25) is 5.02 Å². The van der Waals surface area contributed by atoms with Crippen LogP contribution in [0.1, 0.15) is 16.7 Å². The molecule has 0 aromatic heterocycles. The molecule has 0 spiro atoms. The Balaban J connectivity index is 1.66. The SMILES string of the molecule is COc1cc(CNCc2ccccc2)c(Cl)cc1OCc1ccccc1F. The quantitative estimate of drug-likeness (QED) is 0.566. The molecule has 0 radical (unpaired) electrons. The zero-order valence-corrected chi connectivity index (χ0v) is 15.8. The molecule has 0 atom stereocenters. The van der Waals surface area contributed by atoms with Crippen LogP contribution in [0.3, 0.4) is 0 Å². The van der Waals surface area contributed by atoms with Crippen LogP contribution in [-0.2, 0) is 19.7 Å². The summed E-state index contributed by atoms with van der Waals surface area (Å²) >= 11 is 6.40. The predicted octanol–water partition coefficient (Wildman–Crippen LogP) is 5.36. The van der Waals surface area contributed by atoms with Crippen LogP contribution in [0.15, 0.2) is 66.7 Å². The molecule has 3 aromatic rings. The van der Waals surface area contributed by atoms with Gasteiger partial charge in [0.05, 0.1) is 7.11 Å². The highest BCUT2D eigenvalue weighted by Crippen LogP contribution is 2.34. The van der Waals surface area contributed by atoms with Gasteiger partial charge in [-0.25, -0.2) is 4.39 Å². The number of ether oxygens (including phenoxy) is 2. The van der Waals surface area contributed by atoms with Gasteiger partial charge >= 0.3 is 0 Å². The summed E-state index contributed by atoms with van der Waals surface area (Å²) in [5, 5.41) is 3.93. The molecule has 5 heteroatoms. The molecule has 0 fully saturated rings. The molecule has 3 rings (SSSR count). The van der Waals surface area contributed by atoms with E-state index in [9.17, 15) is 4.39 Å². The van der Waals surface area contributed by atoms with Gasteiger partial charge in [-0.3, -0.25) is 0 Å². The molecule has 1 N–H and O–H groups in total. The Morgan fingerprint density at radius 3 is 2.37 bits per heavy atom. The van der Waals surface area contributed by atoms with Crippen LogP contribution in [-0.4, -0.2) is 7.11 Å². The van der Waals surface area contributed by atoms with Crippen molar-refractivity contribution in [3.63, 3.8) is 0 Å².